The smallest absolute Gasteiger partial charge is 0.292 e. The van der Waals surface area contributed by atoms with Gasteiger partial charge in [-0.25, -0.2) is 0 Å². The molecule has 3 rings (SSSR count). The molecule has 1 N–H and O–H groups in total. The minimum Gasteiger partial charge on any atom is -0.376 e. The fraction of sp³-hybridized carbons (Fsp3) is 0.478. The van der Waals surface area contributed by atoms with Crippen LogP contribution in [0.5, 0.6) is 0 Å². The summed E-state index contributed by atoms with van der Waals surface area (Å²) in [5, 5.41) is 0. The minimum atomic E-state index is -0.996. The first-order valence-electron chi connectivity index (χ1n) is 10.8. The number of hydrogen-bond acceptors (Lipinski definition) is 5. The first-order chi connectivity index (χ1) is 14.8. The van der Waals surface area contributed by atoms with E-state index in [1.54, 1.807) is 0 Å². The molecule has 2 aromatic rings. The molecule has 0 aliphatic carbocycles. The lowest BCUT2D eigenvalue weighted by molar-refractivity contribution is -0.427. The second-order valence-electron chi connectivity index (χ2n) is 8.41. The molecule has 0 amide bonds. The van der Waals surface area contributed by atoms with Crippen molar-refractivity contribution in [3.63, 3.8) is 0 Å². The number of hydrogen-bond donors (Lipinski definition) is 2. The number of ether oxygens (including phenoxy) is 1. The van der Waals surface area contributed by atoms with Crippen LogP contribution < -0.4 is 14.0 Å². The number of nitroso groups, excluding NO2 is 1. The average molecular weight is 464 g/mol. The van der Waals surface area contributed by atoms with Gasteiger partial charge < -0.3 is 9.64 Å². The highest BCUT2D eigenvalue weighted by atomic mass is 32.3. The molecule has 1 fully saturated rings. The molecule has 0 radical (unpaired) electrons. The van der Waals surface area contributed by atoms with Crippen LogP contribution in [-0.2, 0) is 4.74 Å². The van der Waals surface area contributed by atoms with E-state index in [1.165, 1.54) is 0 Å². The number of hydrazine groups is 1. The van der Waals surface area contributed by atoms with Crippen LogP contribution in [0.4, 0.5) is 22.7 Å². The zero-order chi connectivity index (χ0) is 22.4. The Morgan fingerprint density at radius 1 is 1.19 bits per heavy atom. The van der Waals surface area contributed by atoms with Gasteiger partial charge in [0.05, 0.1) is 22.4 Å². The van der Waals surface area contributed by atoms with Gasteiger partial charge in [-0.15, -0.1) is 5.43 Å². The van der Waals surface area contributed by atoms with Crippen LogP contribution in [0.25, 0.3) is 0 Å². The summed E-state index contributed by atoms with van der Waals surface area (Å²) < 4.78 is 7.82. The van der Waals surface area contributed by atoms with E-state index in [0.717, 1.165) is 60.1 Å². The van der Waals surface area contributed by atoms with E-state index in [9.17, 15) is 4.91 Å². The quantitative estimate of drug-likeness (QED) is 0.266. The van der Waals surface area contributed by atoms with E-state index >= 15 is 0 Å². The highest BCUT2D eigenvalue weighted by molar-refractivity contribution is 8.38. The monoisotopic (exact) mass is 463 g/mol. The molecule has 0 spiro atoms. The SMILES string of the molecule is CCCS(C)(C)N(S)c1ccc([N+](=O)Nc2ccccc2N(C)CC2CCCO2)cc1. The van der Waals surface area contributed by atoms with E-state index in [0.29, 0.717) is 5.69 Å². The molecule has 0 saturated carbocycles. The predicted octanol–water partition coefficient (Wildman–Crippen LogP) is 5.78. The molecular weight excluding hydrogens is 428 g/mol. The van der Waals surface area contributed by atoms with E-state index in [4.69, 9.17) is 17.6 Å². The number of thiol groups is 1. The fourth-order valence-corrected chi connectivity index (χ4v) is 6.10. The van der Waals surface area contributed by atoms with Gasteiger partial charge >= 0.3 is 0 Å². The van der Waals surface area contributed by atoms with Gasteiger partial charge in [0.2, 0.25) is 0 Å². The molecule has 31 heavy (non-hydrogen) atoms. The molecule has 1 aliphatic heterocycles. The minimum absolute atomic E-state index is 0.247. The Morgan fingerprint density at radius 3 is 2.55 bits per heavy atom. The first kappa shape index (κ1) is 23.8. The number of benzene rings is 2. The summed E-state index contributed by atoms with van der Waals surface area (Å²) in [5.74, 6) is 1.11. The number of anilines is 3. The molecule has 0 aromatic heterocycles. The third-order valence-electron chi connectivity index (χ3n) is 5.52. The molecule has 1 unspecified atom stereocenters. The molecule has 1 atom stereocenters. The van der Waals surface area contributed by atoms with Gasteiger partial charge in [0, 0.05) is 32.3 Å². The number of nitrogens with zero attached hydrogens (tertiary/aromatic N) is 3. The lowest BCUT2D eigenvalue weighted by Gasteiger charge is -2.40. The summed E-state index contributed by atoms with van der Waals surface area (Å²) in [6.07, 6.45) is 8.07. The maximum absolute atomic E-state index is 12.8. The van der Waals surface area contributed by atoms with Gasteiger partial charge in [0.25, 0.3) is 5.69 Å². The second-order valence-corrected chi connectivity index (χ2v) is 12.8. The topological polar surface area (TPSA) is 47.8 Å². The number of likely N-dealkylation sites (N-methyl/N-ethyl adjacent to an activating group) is 1. The lowest BCUT2D eigenvalue weighted by atomic mass is 10.2. The van der Waals surface area contributed by atoms with Crippen molar-refractivity contribution in [1.82, 2.24) is 0 Å². The third-order valence-corrected chi connectivity index (χ3v) is 9.63. The highest BCUT2D eigenvalue weighted by Gasteiger charge is 2.23. The summed E-state index contributed by atoms with van der Waals surface area (Å²) >= 11 is 4.73. The average Bonchev–Trinajstić information content (AvgIpc) is 3.26. The fourth-order valence-electron chi connectivity index (χ4n) is 3.85. The zero-order valence-electron chi connectivity index (χ0n) is 19.0. The van der Waals surface area contributed by atoms with Crippen LogP contribution in [0.1, 0.15) is 26.2 Å². The molecule has 6 nitrogen and oxygen atoms in total. The largest absolute Gasteiger partial charge is 0.376 e. The van der Waals surface area contributed by atoms with Crippen LogP contribution in [0.15, 0.2) is 48.5 Å². The zero-order valence-corrected chi connectivity index (χ0v) is 20.7. The summed E-state index contributed by atoms with van der Waals surface area (Å²) in [4.78, 5) is 15.8. The van der Waals surface area contributed by atoms with Crippen molar-refractivity contribution in [2.24, 2.45) is 0 Å². The standard InChI is InChI=1S/C23H35N4O2S2/c1-5-17-31(3,4)27(30)20-14-12-19(13-15-20)26(28)24-22-10-6-7-11-23(22)25(2)18-21-9-8-16-29-21/h6-7,10-15,21,30H,5,8-9,16-18H2,1-4H3,(H,24,28)/q+1. The van der Waals surface area contributed by atoms with Gasteiger partial charge in [0.15, 0.2) is 4.87 Å². The highest BCUT2D eigenvalue weighted by Crippen LogP contribution is 2.49. The normalized spacial score (nSPS) is 16.7. The molecule has 170 valence electrons. The molecule has 1 heterocycles. The molecule has 8 heteroatoms. The van der Waals surface area contributed by atoms with Gasteiger partial charge in [-0.3, -0.25) is 3.71 Å². The van der Waals surface area contributed by atoms with Crippen LogP contribution in [0, 0.1) is 4.91 Å². The van der Waals surface area contributed by atoms with E-state index in [1.807, 2.05) is 55.6 Å². The Bertz CT molecular complexity index is 870. The Morgan fingerprint density at radius 2 is 1.90 bits per heavy atom. The Balaban J connectivity index is 1.69. The number of nitrogens with one attached hydrogen (secondary N) is 1. The Labute approximate surface area is 193 Å². The lowest BCUT2D eigenvalue weighted by Crippen LogP contribution is -2.29. The molecule has 1 aliphatic rings. The second kappa shape index (κ2) is 10.6. The van der Waals surface area contributed by atoms with Crippen LogP contribution >= 0.6 is 23.0 Å². The summed E-state index contributed by atoms with van der Waals surface area (Å²) in [6, 6.07) is 15.4. The summed E-state index contributed by atoms with van der Waals surface area (Å²) in [7, 11) is 1.04. The van der Waals surface area contributed by atoms with E-state index in [2.05, 4.69) is 33.5 Å². The predicted molar refractivity (Wildman–Crippen MR) is 138 cm³/mol. The number of rotatable bonds is 10. The summed E-state index contributed by atoms with van der Waals surface area (Å²) in [6.45, 7) is 3.83. The van der Waals surface area contributed by atoms with Crippen molar-refractivity contribution in [2.75, 3.05) is 52.5 Å². The van der Waals surface area contributed by atoms with Crippen LogP contribution in [0.3, 0.4) is 0 Å². The molecule has 0 bridgehead atoms. The number of para-hydroxylation sites is 2. The Kier molecular flexibility index (Phi) is 8.13. The summed E-state index contributed by atoms with van der Waals surface area (Å²) in [5.41, 5.74) is 6.30. The van der Waals surface area contributed by atoms with E-state index < -0.39 is 10.2 Å². The van der Waals surface area contributed by atoms with Crippen molar-refractivity contribution in [3.8, 4) is 0 Å². The Hall–Kier alpha value is -1.90. The molecular formula is C23H35N4O2S2+. The van der Waals surface area contributed by atoms with Gasteiger partial charge in [-0.05, 0) is 61.8 Å². The third kappa shape index (κ3) is 6.08. The van der Waals surface area contributed by atoms with Gasteiger partial charge in [-0.1, -0.05) is 31.9 Å². The van der Waals surface area contributed by atoms with E-state index in [-0.39, 0.29) is 6.10 Å². The maximum atomic E-state index is 12.8. The molecule has 1 saturated heterocycles. The van der Waals surface area contributed by atoms with Gasteiger partial charge in [-0.2, -0.15) is 10.2 Å². The van der Waals surface area contributed by atoms with Crippen LogP contribution in [0.2, 0.25) is 0 Å². The first-order valence-corrected chi connectivity index (χ1v) is 13.8. The maximum Gasteiger partial charge on any atom is 0.292 e. The van der Waals surface area contributed by atoms with Crippen molar-refractivity contribution in [3.05, 3.63) is 53.4 Å². The van der Waals surface area contributed by atoms with Crippen LogP contribution in [-0.4, -0.2) is 49.4 Å². The van der Waals surface area contributed by atoms with Gasteiger partial charge in [0.1, 0.15) is 5.69 Å². The van der Waals surface area contributed by atoms with Crippen molar-refractivity contribution in [2.45, 2.75) is 32.3 Å². The van der Waals surface area contributed by atoms with Crippen molar-refractivity contribution >= 4 is 45.8 Å². The van der Waals surface area contributed by atoms with Crippen molar-refractivity contribution in [1.29, 1.82) is 0 Å². The molecule has 2 aromatic carbocycles. The van der Waals surface area contributed by atoms with Crippen molar-refractivity contribution < 1.29 is 9.61 Å².